The van der Waals surface area contributed by atoms with E-state index in [0.717, 1.165) is 38.8 Å². The van der Waals surface area contributed by atoms with E-state index in [2.05, 4.69) is 37.1 Å². The topological polar surface area (TPSA) is 48.3 Å². The number of piperidine rings is 1. The lowest BCUT2D eigenvalue weighted by molar-refractivity contribution is -0.0123. The summed E-state index contributed by atoms with van der Waals surface area (Å²) in [6.07, 6.45) is 6.97. The van der Waals surface area contributed by atoms with Crippen LogP contribution in [0.4, 0.5) is 0 Å². The lowest BCUT2D eigenvalue weighted by Gasteiger charge is -2.37. The average molecular weight is 293 g/mol. The zero-order valence-corrected chi connectivity index (χ0v) is 13.9. The first-order valence-corrected chi connectivity index (χ1v) is 8.63. The molecule has 2 aliphatic rings. The normalized spacial score (nSPS) is 34.2. The van der Waals surface area contributed by atoms with Crippen molar-refractivity contribution in [2.24, 2.45) is 0 Å². The minimum absolute atomic E-state index is 0.309. The van der Waals surface area contributed by atoms with Gasteiger partial charge >= 0.3 is 0 Å². The number of likely N-dealkylation sites (tertiary alicyclic amines) is 1. The van der Waals surface area contributed by atoms with Crippen LogP contribution < -0.4 is 5.32 Å². The first-order valence-electron chi connectivity index (χ1n) is 8.63. The molecule has 3 atom stereocenters. The number of nitrogens with zero attached hydrogens (tertiary/aromatic N) is 2. The van der Waals surface area contributed by atoms with Gasteiger partial charge < -0.3 is 4.74 Å². The number of hydrogen-bond donors (Lipinski definition) is 1. The van der Waals surface area contributed by atoms with Crippen molar-refractivity contribution < 1.29 is 4.74 Å². The highest BCUT2D eigenvalue weighted by Gasteiger charge is 2.42. The SMILES string of the molecule is CCCOC1CCCN(C2CCC(C#N)(NC(C)C)C2)C1. The Morgan fingerprint density at radius 2 is 2.24 bits per heavy atom. The quantitative estimate of drug-likeness (QED) is 0.818. The van der Waals surface area contributed by atoms with Crippen molar-refractivity contribution in [3.8, 4) is 6.07 Å². The van der Waals surface area contributed by atoms with Crippen LogP contribution in [-0.4, -0.2) is 48.3 Å². The van der Waals surface area contributed by atoms with Gasteiger partial charge in [0.15, 0.2) is 0 Å². The van der Waals surface area contributed by atoms with Crippen LogP contribution in [0.1, 0.15) is 59.3 Å². The lowest BCUT2D eigenvalue weighted by atomic mass is 9.97. The number of rotatable bonds is 6. The van der Waals surface area contributed by atoms with Crippen LogP contribution in [0.25, 0.3) is 0 Å². The van der Waals surface area contributed by atoms with Crippen LogP contribution in [0.3, 0.4) is 0 Å². The van der Waals surface area contributed by atoms with E-state index >= 15 is 0 Å². The highest BCUT2D eigenvalue weighted by Crippen LogP contribution is 2.34. The molecule has 4 heteroatoms. The highest BCUT2D eigenvalue weighted by molar-refractivity contribution is 5.14. The maximum absolute atomic E-state index is 9.59. The molecular formula is C17H31N3O. The molecule has 0 radical (unpaired) electrons. The van der Waals surface area contributed by atoms with Crippen LogP contribution in [0.2, 0.25) is 0 Å². The van der Waals surface area contributed by atoms with Gasteiger partial charge in [0.1, 0.15) is 5.54 Å². The Bertz CT molecular complexity index is 366. The fourth-order valence-electron chi connectivity index (χ4n) is 3.87. The summed E-state index contributed by atoms with van der Waals surface area (Å²) in [7, 11) is 0. The molecule has 21 heavy (non-hydrogen) atoms. The number of ether oxygens (including phenoxy) is 1. The Morgan fingerprint density at radius 3 is 2.90 bits per heavy atom. The van der Waals surface area contributed by atoms with Crippen LogP contribution in [0, 0.1) is 11.3 Å². The molecule has 4 nitrogen and oxygen atoms in total. The predicted octanol–water partition coefficient (Wildman–Crippen LogP) is 2.69. The molecular weight excluding hydrogens is 262 g/mol. The van der Waals surface area contributed by atoms with E-state index in [9.17, 15) is 5.26 Å². The monoisotopic (exact) mass is 293 g/mol. The molecule has 1 aliphatic heterocycles. The second-order valence-corrected chi connectivity index (χ2v) is 7.02. The second-order valence-electron chi connectivity index (χ2n) is 7.02. The molecule has 0 aromatic heterocycles. The zero-order valence-electron chi connectivity index (χ0n) is 13.9. The zero-order chi connectivity index (χ0) is 15.3. The van der Waals surface area contributed by atoms with Gasteiger partial charge in [-0.1, -0.05) is 6.92 Å². The average Bonchev–Trinajstić information content (AvgIpc) is 2.89. The van der Waals surface area contributed by atoms with Gasteiger partial charge in [-0.2, -0.15) is 5.26 Å². The summed E-state index contributed by atoms with van der Waals surface area (Å²) in [6, 6.07) is 3.47. The molecule has 1 aliphatic carbocycles. The number of hydrogen-bond acceptors (Lipinski definition) is 4. The summed E-state index contributed by atoms with van der Waals surface area (Å²) >= 11 is 0. The van der Waals surface area contributed by atoms with Gasteiger partial charge in [-0.3, -0.25) is 10.2 Å². The maximum Gasteiger partial charge on any atom is 0.108 e. The second kappa shape index (κ2) is 7.58. The predicted molar refractivity (Wildman–Crippen MR) is 85.1 cm³/mol. The molecule has 1 saturated carbocycles. The van der Waals surface area contributed by atoms with E-state index in [-0.39, 0.29) is 5.54 Å². The minimum atomic E-state index is -0.309. The van der Waals surface area contributed by atoms with E-state index in [0.29, 0.717) is 18.2 Å². The van der Waals surface area contributed by atoms with Gasteiger partial charge in [0, 0.05) is 25.2 Å². The molecule has 2 rings (SSSR count). The summed E-state index contributed by atoms with van der Waals surface area (Å²) in [5.41, 5.74) is -0.309. The molecule has 120 valence electrons. The van der Waals surface area contributed by atoms with E-state index < -0.39 is 0 Å². The molecule has 1 saturated heterocycles. The van der Waals surface area contributed by atoms with Crippen molar-refractivity contribution in [1.82, 2.24) is 10.2 Å². The van der Waals surface area contributed by atoms with Crippen molar-refractivity contribution in [1.29, 1.82) is 5.26 Å². The van der Waals surface area contributed by atoms with Gasteiger partial charge in [-0.15, -0.1) is 0 Å². The molecule has 1 heterocycles. The number of nitriles is 1. The van der Waals surface area contributed by atoms with Crippen LogP contribution in [0.5, 0.6) is 0 Å². The fourth-order valence-corrected chi connectivity index (χ4v) is 3.87. The van der Waals surface area contributed by atoms with Gasteiger partial charge in [-0.05, 0) is 58.9 Å². The summed E-state index contributed by atoms with van der Waals surface area (Å²) in [5, 5.41) is 13.1. The third kappa shape index (κ3) is 4.42. The van der Waals surface area contributed by atoms with Gasteiger partial charge in [0.2, 0.25) is 0 Å². The Balaban J connectivity index is 1.89. The van der Waals surface area contributed by atoms with E-state index in [1.165, 1.54) is 19.4 Å². The molecule has 2 fully saturated rings. The van der Waals surface area contributed by atoms with Crippen molar-refractivity contribution in [2.75, 3.05) is 19.7 Å². The lowest BCUT2D eigenvalue weighted by Crippen LogP contribution is -2.49. The summed E-state index contributed by atoms with van der Waals surface area (Å²) in [5.74, 6) is 0. The Kier molecular flexibility index (Phi) is 6.04. The van der Waals surface area contributed by atoms with Gasteiger partial charge in [0.05, 0.1) is 12.2 Å². The smallest absolute Gasteiger partial charge is 0.108 e. The van der Waals surface area contributed by atoms with E-state index in [4.69, 9.17) is 4.74 Å². The molecule has 0 spiro atoms. The van der Waals surface area contributed by atoms with Crippen molar-refractivity contribution in [3.63, 3.8) is 0 Å². The molecule has 3 unspecified atom stereocenters. The highest BCUT2D eigenvalue weighted by atomic mass is 16.5. The van der Waals surface area contributed by atoms with Crippen LogP contribution in [0.15, 0.2) is 0 Å². The molecule has 0 aromatic carbocycles. The summed E-state index contributed by atoms with van der Waals surface area (Å²) in [6.45, 7) is 9.51. The van der Waals surface area contributed by atoms with Crippen molar-refractivity contribution in [3.05, 3.63) is 0 Å². The Hall–Kier alpha value is -0.630. The Labute approximate surface area is 129 Å². The minimum Gasteiger partial charge on any atom is -0.377 e. The summed E-state index contributed by atoms with van der Waals surface area (Å²) in [4.78, 5) is 2.57. The van der Waals surface area contributed by atoms with Crippen LogP contribution >= 0.6 is 0 Å². The molecule has 1 N–H and O–H groups in total. The maximum atomic E-state index is 9.59. The molecule has 0 bridgehead atoms. The van der Waals surface area contributed by atoms with Crippen molar-refractivity contribution >= 4 is 0 Å². The van der Waals surface area contributed by atoms with E-state index in [1.54, 1.807) is 0 Å². The van der Waals surface area contributed by atoms with Crippen LogP contribution in [-0.2, 0) is 4.74 Å². The fraction of sp³-hybridized carbons (Fsp3) is 0.941. The first-order chi connectivity index (χ1) is 10.1. The third-order valence-corrected chi connectivity index (χ3v) is 4.75. The molecule has 0 amide bonds. The van der Waals surface area contributed by atoms with Crippen molar-refractivity contribution in [2.45, 2.75) is 83.0 Å². The van der Waals surface area contributed by atoms with E-state index in [1.807, 2.05) is 0 Å². The summed E-state index contributed by atoms with van der Waals surface area (Å²) < 4.78 is 5.94. The molecule has 0 aromatic rings. The number of nitrogens with one attached hydrogen (secondary N) is 1. The first kappa shape index (κ1) is 16.7. The van der Waals surface area contributed by atoms with Gasteiger partial charge in [-0.25, -0.2) is 0 Å². The van der Waals surface area contributed by atoms with Gasteiger partial charge in [0.25, 0.3) is 0 Å². The largest absolute Gasteiger partial charge is 0.377 e. The Morgan fingerprint density at radius 1 is 1.43 bits per heavy atom. The standard InChI is InChI=1S/C17H31N3O/c1-4-10-21-16-6-5-9-20(12-16)15-7-8-17(11-15,13-18)19-14(2)3/h14-16,19H,4-12H2,1-3H3. The third-order valence-electron chi connectivity index (χ3n) is 4.75.